The molecule has 2 saturated heterocycles. The Hall–Kier alpha value is -2.37. The Balaban J connectivity index is 0.00000267. The van der Waals surface area contributed by atoms with Crippen LogP contribution in [0.1, 0.15) is 19.8 Å². The van der Waals surface area contributed by atoms with E-state index < -0.39 is 0 Å². The zero-order chi connectivity index (χ0) is 24.6. The number of ether oxygens (including phenoxy) is 1. The molecule has 1 aromatic carbocycles. The molecule has 2 atom stereocenters. The molecule has 0 radical (unpaired) electrons. The van der Waals surface area contributed by atoms with E-state index in [2.05, 4.69) is 20.2 Å². The summed E-state index contributed by atoms with van der Waals surface area (Å²) in [5.74, 6) is 0.602. The van der Waals surface area contributed by atoms with Crippen LogP contribution in [0.4, 0.5) is 5.95 Å². The minimum absolute atomic E-state index is 0. The average Bonchev–Trinajstić information content (AvgIpc) is 3.48. The Labute approximate surface area is 223 Å². The van der Waals surface area contributed by atoms with Gasteiger partial charge in [0.05, 0.1) is 28.6 Å². The number of aromatic nitrogens is 6. The van der Waals surface area contributed by atoms with Crippen LogP contribution in [0, 0.1) is 5.41 Å². The normalized spacial score (nSPS) is 21.6. The Bertz CT molecular complexity index is 1540. The molecule has 4 aromatic rings. The Morgan fingerprint density at radius 3 is 2.58 bits per heavy atom. The van der Waals surface area contributed by atoms with Crippen LogP contribution in [-0.2, 0) is 18.8 Å². The minimum atomic E-state index is -0.197. The third kappa shape index (κ3) is 3.53. The molecule has 5 heterocycles. The highest BCUT2D eigenvalue weighted by molar-refractivity contribution is 6.43. The third-order valence-corrected chi connectivity index (χ3v) is 8.62. The first-order valence-corrected chi connectivity index (χ1v) is 12.4. The lowest BCUT2D eigenvalue weighted by atomic mass is 9.73. The Kier molecular flexibility index (Phi) is 6.24. The van der Waals surface area contributed by atoms with Crippen molar-refractivity contribution in [3.63, 3.8) is 0 Å². The van der Waals surface area contributed by atoms with E-state index in [0.29, 0.717) is 55.9 Å². The van der Waals surface area contributed by atoms with Crippen LogP contribution in [-0.4, -0.2) is 61.4 Å². The van der Waals surface area contributed by atoms with Gasteiger partial charge >= 0.3 is 0 Å². The topological polar surface area (TPSA) is 120 Å². The van der Waals surface area contributed by atoms with Crippen molar-refractivity contribution in [1.82, 2.24) is 29.5 Å². The van der Waals surface area contributed by atoms with Crippen LogP contribution in [0.2, 0.25) is 10.2 Å². The van der Waals surface area contributed by atoms with E-state index in [9.17, 15) is 4.79 Å². The lowest BCUT2D eigenvalue weighted by molar-refractivity contribution is 0.0973. The SMILES string of the molecule is C[C@@H]1OCC2(CCN(c3nc4[nH]nc(-c5ccc6nn(C)c(Cl)c6c5Cl)c4c(=O)n3C)CC2)[C@@H]1N.Cl. The standard InChI is InChI=1S/C23H26Cl2N8O2.ClH/c1-11-18(26)23(10-35-11)6-8-33(9-7-23)22-27-20-15(21(34)31(22)2)17(28-29-20)12-4-5-13-14(16(12)24)19(25)32(3)30-13;/h4-5,11,18H,6-10,26H2,1-3H3,(H,28,29);1H/t11-,18+;/m0./s1. The van der Waals surface area contributed by atoms with Crippen molar-refractivity contribution < 1.29 is 4.74 Å². The summed E-state index contributed by atoms with van der Waals surface area (Å²) >= 11 is 13.1. The number of halogens is 3. The van der Waals surface area contributed by atoms with Gasteiger partial charge in [0.25, 0.3) is 5.56 Å². The number of piperidine rings is 1. The smallest absolute Gasteiger partial charge is 0.266 e. The number of H-pyrrole nitrogens is 1. The summed E-state index contributed by atoms with van der Waals surface area (Å²) in [5, 5.41) is 13.5. The second-order valence-corrected chi connectivity index (χ2v) is 10.4. The second kappa shape index (κ2) is 8.88. The Morgan fingerprint density at radius 2 is 1.92 bits per heavy atom. The lowest BCUT2D eigenvalue weighted by Gasteiger charge is -2.41. The summed E-state index contributed by atoms with van der Waals surface area (Å²) < 4.78 is 8.98. The maximum Gasteiger partial charge on any atom is 0.266 e. The quantitative estimate of drug-likeness (QED) is 0.391. The molecule has 10 nitrogen and oxygen atoms in total. The molecule has 0 amide bonds. The zero-order valence-electron chi connectivity index (χ0n) is 20.1. The number of aryl methyl sites for hydroxylation is 1. The van der Waals surface area contributed by atoms with Gasteiger partial charge in [-0.1, -0.05) is 23.2 Å². The van der Waals surface area contributed by atoms with Gasteiger partial charge in [0.1, 0.15) is 16.2 Å². The molecule has 1 spiro atoms. The molecule has 0 saturated carbocycles. The molecular weight excluding hydrogens is 527 g/mol. The van der Waals surface area contributed by atoms with Gasteiger partial charge in [-0.25, -0.2) is 0 Å². The van der Waals surface area contributed by atoms with Crippen LogP contribution in [0.15, 0.2) is 16.9 Å². The first-order chi connectivity index (χ1) is 16.7. The highest BCUT2D eigenvalue weighted by atomic mass is 35.5. The zero-order valence-corrected chi connectivity index (χ0v) is 22.4. The van der Waals surface area contributed by atoms with E-state index in [0.717, 1.165) is 25.9 Å². The van der Waals surface area contributed by atoms with Crippen molar-refractivity contribution in [2.75, 3.05) is 24.6 Å². The predicted octanol–water partition coefficient (Wildman–Crippen LogP) is 3.27. The summed E-state index contributed by atoms with van der Waals surface area (Å²) in [7, 11) is 3.49. The number of benzene rings is 1. The van der Waals surface area contributed by atoms with Gasteiger partial charge in [0.15, 0.2) is 5.65 Å². The van der Waals surface area contributed by atoms with Crippen LogP contribution >= 0.6 is 35.6 Å². The number of rotatable bonds is 2. The molecule has 2 fully saturated rings. The molecule has 6 rings (SSSR count). The van der Waals surface area contributed by atoms with Gasteiger partial charge in [-0.15, -0.1) is 12.4 Å². The van der Waals surface area contributed by atoms with Crippen LogP contribution in [0.25, 0.3) is 33.2 Å². The van der Waals surface area contributed by atoms with Crippen LogP contribution in [0.5, 0.6) is 0 Å². The van der Waals surface area contributed by atoms with E-state index in [4.69, 9.17) is 38.7 Å². The molecule has 2 aliphatic heterocycles. The Morgan fingerprint density at radius 1 is 1.19 bits per heavy atom. The maximum atomic E-state index is 13.5. The fraction of sp³-hybridized carbons (Fsp3) is 0.478. The molecule has 0 bridgehead atoms. The fourth-order valence-corrected chi connectivity index (χ4v) is 6.16. The number of anilines is 1. The number of aromatic amines is 1. The van der Waals surface area contributed by atoms with Gasteiger partial charge in [0, 0.05) is 44.2 Å². The number of hydrogen-bond donors (Lipinski definition) is 2. The van der Waals surface area contributed by atoms with Crippen molar-refractivity contribution in [3.05, 3.63) is 32.7 Å². The molecule has 13 heteroatoms. The molecule has 192 valence electrons. The van der Waals surface area contributed by atoms with Crippen molar-refractivity contribution >= 4 is 63.5 Å². The molecule has 3 aromatic heterocycles. The van der Waals surface area contributed by atoms with Gasteiger partial charge in [-0.05, 0) is 31.9 Å². The van der Waals surface area contributed by atoms with Crippen molar-refractivity contribution in [2.24, 2.45) is 25.2 Å². The number of hydrogen-bond acceptors (Lipinski definition) is 7. The first kappa shape index (κ1) is 25.3. The average molecular weight is 554 g/mol. The number of nitrogens with two attached hydrogens (primary N) is 1. The van der Waals surface area contributed by atoms with E-state index in [1.54, 1.807) is 29.4 Å². The van der Waals surface area contributed by atoms with Gasteiger partial charge in [0.2, 0.25) is 5.95 Å². The minimum Gasteiger partial charge on any atom is -0.376 e. The third-order valence-electron chi connectivity index (χ3n) is 7.79. The van der Waals surface area contributed by atoms with Gasteiger partial charge < -0.3 is 15.4 Å². The molecule has 0 aliphatic carbocycles. The van der Waals surface area contributed by atoms with Gasteiger partial charge in [-0.3, -0.25) is 19.1 Å². The number of nitrogens with one attached hydrogen (secondary N) is 1. The summed E-state index contributed by atoms with van der Waals surface area (Å²) in [6, 6.07) is 3.64. The van der Waals surface area contributed by atoms with E-state index in [1.807, 2.05) is 13.0 Å². The first-order valence-electron chi connectivity index (χ1n) is 11.6. The fourth-order valence-electron chi connectivity index (χ4n) is 5.55. The monoisotopic (exact) mass is 552 g/mol. The summed E-state index contributed by atoms with van der Waals surface area (Å²) in [4.78, 5) is 20.5. The second-order valence-electron chi connectivity index (χ2n) is 9.70. The predicted molar refractivity (Wildman–Crippen MR) is 143 cm³/mol. The van der Waals surface area contributed by atoms with E-state index >= 15 is 0 Å². The lowest BCUT2D eigenvalue weighted by Crippen LogP contribution is -2.51. The summed E-state index contributed by atoms with van der Waals surface area (Å²) in [6.07, 6.45) is 1.85. The van der Waals surface area contributed by atoms with Crippen LogP contribution < -0.4 is 16.2 Å². The van der Waals surface area contributed by atoms with Gasteiger partial charge in [-0.2, -0.15) is 15.2 Å². The summed E-state index contributed by atoms with van der Waals surface area (Å²) in [6.45, 7) is 4.22. The summed E-state index contributed by atoms with van der Waals surface area (Å²) in [5.41, 5.74) is 8.38. The number of nitrogens with zero attached hydrogens (tertiary/aromatic N) is 6. The molecular formula is C23H27Cl3N8O2. The highest BCUT2D eigenvalue weighted by Gasteiger charge is 2.47. The maximum absolute atomic E-state index is 13.5. The van der Waals surface area contributed by atoms with Crippen molar-refractivity contribution in [3.8, 4) is 11.3 Å². The molecule has 36 heavy (non-hydrogen) atoms. The van der Waals surface area contributed by atoms with E-state index in [1.165, 1.54) is 0 Å². The van der Waals surface area contributed by atoms with Crippen LogP contribution in [0.3, 0.4) is 0 Å². The van der Waals surface area contributed by atoms with E-state index in [-0.39, 0.29) is 35.5 Å². The largest absolute Gasteiger partial charge is 0.376 e. The molecule has 2 aliphatic rings. The number of fused-ring (bicyclic) bond motifs is 2. The molecule has 3 N–H and O–H groups in total. The van der Waals surface area contributed by atoms with Crippen molar-refractivity contribution in [2.45, 2.75) is 31.9 Å². The van der Waals surface area contributed by atoms with Crippen molar-refractivity contribution in [1.29, 1.82) is 0 Å². The molecule has 0 unspecified atom stereocenters. The highest BCUT2D eigenvalue weighted by Crippen LogP contribution is 2.42.